The molecular weight excluding hydrogens is 440 g/mol. The summed E-state index contributed by atoms with van der Waals surface area (Å²) in [5.74, 6) is 1.21. The van der Waals surface area contributed by atoms with Gasteiger partial charge in [-0.05, 0) is 76.1 Å². The van der Waals surface area contributed by atoms with Crippen molar-refractivity contribution < 1.29 is 19.1 Å². The van der Waals surface area contributed by atoms with Crippen LogP contribution in [0, 0.1) is 6.92 Å². The highest BCUT2D eigenvalue weighted by Gasteiger charge is 2.28. The van der Waals surface area contributed by atoms with Gasteiger partial charge in [0, 0.05) is 18.6 Å². The Bertz CT molecular complexity index is 1070. The van der Waals surface area contributed by atoms with Crippen molar-refractivity contribution >= 4 is 29.0 Å². The summed E-state index contributed by atoms with van der Waals surface area (Å²) in [4.78, 5) is 34.4. The Morgan fingerprint density at radius 2 is 1.76 bits per heavy atom. The van der Waals surface area contributed by atoms with Gasteiger partial charge in [-0.1, -0.05) is 12.1 Å². The SMILES string of the molecule is Cc1c(Oc2ccc(/C=C3\SC(=O)NC3=O)cc2)ncnc1OC1CCN(C(C)(C)C)CC1. The number of ether oxygens (including phenoxy) is 2. The number of carbonyl (C=O) groups excluding carboxylic acids is 2. The molecule has 0 spiro atoms. The third kappa shape index (κ3) is 5.72. The minimum absolute atomic E-state index is 0.120. The number of rotatable bonds is 5. The van der Waals surface area contributed by atoms with Crippen LogP contribution in [0.3, 0.4) is 0 Å². The summed E-state index contributed by atoms with van der Waals surface area (Å²) in [7, 11) is 0. The molecule has 9 heteroatoms. The number of aromatic nitrogens is 2. The Kier molecular flexibility index (Phi) is 6.71. The van der Waals surface area contributed by atoms with Crippen molar-refractivity contribution in [3.63, 3.8) is 0 Å². The van der Waals surface area contributed by atoms with E-state index in [1.165, 1.54) is 6.33 Å². The van der Waals surface area contributed by atoms with Gasteiger partial charge in [-0.3, -0.25) is 19.8 Å². The number of imide groups is 1. The zero-order valence-electron chi connectivity index (χ0n) is 19.3. The molecule has 174 valence electrons. The second-order valence-corrected chi connectivity index (χ2v) is 10.1. The molecule has 0 saturated carbocycles. The molecule has 1 aromatic carbocycles. The maximum atomic E-state index is 11.7. The molecule has 8 nitrogen and oxygen atoms in total. The monoisotopic (exact) mass is 468 g/mol. The molecule has 0 radical (unpaired) electrons. The van der Waals surface area contributed by atoms with E-state index in [-0.39, 0.29) is 22.8 Å². The fourth-order valence-corrected chi connectivity index (χ4v) is 4.44. The summed E-state index contributed by atoms with van der Waals surface area (Å²) >= 11 is 0.891. The van der Waals surface area contributed by atoms with Gasteiger partial charge in [-0.2, -0.15) is 0 Å². The number of piperidine rings is 1. The average molecular weight is 469 g/mol. The lowest BCUT2D eigenvalue weighted by Crippen LogP contribution is -2.48. The van der Waals surface area contributed by atoms with Gasteiger partial charge < -0.3 is 9.47 Å². The first-order valence-corrected chi connectivity index (χ1v) is 11.8. The van der Waals surface area contributed by atoms with E-state index in [1.54, 1.807) is 18.2 Å². The van der Waals surface area contributed by atoms with Gasteiger partial charge in [-0.25, -0.2) is 9.97 Å². The van der Waals surface area contributed by atoms with Crippen molar-refractivity contribution in [3.8, 4) is 17.5 Å². The lowest BCUT2D eigenvalue weighted by molar-refractivity contribution is -0.115. The van der Waals surface area contributed by atoms with Crippen LogP contribution in [0.5, 0.6) is 17.5 Å². The van der Waals surface area contributed by atoms with Crippen LogP contribution in [0.1, 0.15) is 44.7 Å². The van der Waals surface area contributed by atoms with E-state index >= 15 is 0 Å². The summed E-state index contributed by atoms with van der Waals surface area (Å²) in [6.45, 7) is 10.6. The van der Waals surface area contributed by atoms with Gasteiger partial charge >= 0.3 is 0 Å². The van der Waals surface area contributed by atoms with Crippen molar-refractivity contribution in [2.24, 2.45) is 0 Å². The van der Waals surface area contributed by atoms with Crippen molar-refractivity contribution in [2.75, 3.05) is 13.1 Å². The molecule has 2 aromatic rings. The summed E-state index contributed by atoms with van der Waals surface area (Å²) in [5.41, 5.74) is 1.71. The molecule has 2 saturated heterocycles. The number of hydrogen-bond donors (Lipinski definition) is 1. The van der Waals surface area contributed by atoms with Gasteiger partial charge in [-0.15, -0.1) is 0 Å². The van der Waals surface area contributed by atoms with Crippen molar-refractivity contribution in [2.45, 2.75) is 52.2 Å². The summed E-state index contributed by atoms with van der Waals surface area (Å²) in [6.07, 6.45) is 5.15. The summed E-state index contributed by atoms with van der Waals surface area (Å²) in [5, 5.41) is 1.89. The smallest absolute Gasteiger partial charge is 0.290 e. The summed E-state index contributed by atoms with van der Waals surface area (Å²) < 4.78 is 12.2. The molecule has 3 heterocycles. The zero-order valence-corrected chi connectivity index (χ0v) is 20.1. The molecule has 0 bridgehead atoms. The van der Waals surface area contributed by atoms with Gasteiger partial charge in [0.15, 0.2) is 0 Å². The van der Waals surface area contributed by atoms with Crippen molar-refractivity contribution in [1.29, 1.82) is 0 Å². The molecule has 2 amide bonds. The largest absolute Gasteiger partial charge is 0.474 e. The highest BCUT2D eigenvalue weighted by Crippen LogP contribution is 2.31. The molecule has 0 aliphatic carbocycles. The van der Waals surface area contributed by atoms with Gasteiger partial charge in [0.2, 0.25) is 11.8 Å². The molecule has 2 aliphatic heterocycles. The van der Waals surface area contributed by atoms with Crippen LogP contribution in [-0.4, -0.2) is 50.7 Å². The highest BCUT2D eigenvalue weighted by atomic mass is 32.2. The fourth-order valence-electron chi connectivity index (χ4n) is 3.76. The maximum Gasteiger partial charge on any atom is 0.290 e. The van der Waals surface area contributed by atoms with Gasteiger partial charge in [0.05, 0.1) is 10.5 Å². The van der Waals surface area contributed by atoms with Crippen LogP contribution in [0.25, 0.3) is 6.08 Å². The number of hydrogen-bond acceptors (Lipinski definition) is 8. The molecule has 33 heavy (non-hydrogen) atoms. The first-order valence-electron chi connectivity index (χ1n) is 10.9. The minimum Gasteiger partial charge on any atom is -0.474 e. The van der Waals surface area contributed by atoms with E-state index in [2.05, 4.69) is 41.0 Å². The third-order valence-electron chi connectivity index (χ3n) is 5.69. The van der Waals surface area contributed by atoms with Gasteiger partial charge in [0.1, 0.15) is 18.2 Å². The van der Waals surface area contributed by atoms with E-state index in [0.717, 1.165) is 48.8 Å². The quantitative estimate of drug-likeness (QED) is 0.639. The lowest BCUT2D eigenvalue weighted by atomic mass is 9.99. The predicted molar refractivity (Wildman–Crippen MR) is 127 cm³/mol. The van der Waals surface area contributed by atoms with E-state index in [4.69, 9.17) is 9.47 Å². The Morgan fingerprint density at radius 1 is 1.09 bits per heavy atom. The topological polar surface area (TPSA) is 93.6 Å². The second-order valence-electron chi connectivity index (χ2n) is 9.11. The van der Waals surface area contributed by atoms with Crippen LogP contribution < -0.4 is 14.8 Å². The molecule has 0 atom stereocenters. The van der Waals surface area contributed by atoms with E-state index in [0.29, 0.717) is 22.4 Å². The van der Waals surface area contributed by atoms with Crippen LogP contribution in [0.4, 0.5) is 4.79 Å². The Labute approximate surface area is 197 Å². The number of benzene rings is 1. The van der Waals surface area contributed by atoms with Crippen molar-refractivity contribution in [3.05, 3.63) is 46.6 Å². The number of nitrogens with one attached hydrogen (secondary N) is 1. The third-order valence-corrected chi connectivity index (χ3v) is 6.51. The molecule has 4 rings (SSSR count). The zero-order chi connectivity index (χ0) is 23.6. The van der Waals surface area contributed by atoms with Crippen LogP contribution >= 0.6 is 11.8 Å². The van der Waals surface area contributed by atoms with E-state index in [9.17, 15) is 9.59 Å². The second kappa shape index (κ2) is 9.52. The highest BCUT2D eigenvalue weighted by molar-refractivity contribution is 8.18. The maximum absolute atomic E-state index is 11.7. The number of thioether (sulfide) groups is 1. The summed E-state index contributed by atoms with van der Waals surface area (Å²) in [6, 6.07) is 7.21. The van der Waals surface area contributed by atoms with Crippen LogP contribution in [0.15, 0.2) is 35.5 Å². The average Bonchev–Trinajstić information content (AvgIpc) is 3.08. The normalized spacial score (nSPS) is 19.1. The van der Waals surface area contributed by atoms with Crippen molar-refractivity contribution in [1.82, 2.24) is 20.2 Å². The number of likely N-dealkylation sites (tertiary alicyclic amines) is 1. The fraction of sp³-hybridized carbons (Fsp3) is 0.417. The lowest BCUT2D eigenvalue weighted by Gasteiger charge is -2.40. The van der Waals surface area contributed by atoms with Crippen LogP contribution in [-0.2, 0) is 4.79 Å². The first kappa shape index (κ1) is 23.3. The molecule has 0 unspecified atom stereocenters. The first-order chi connectivity index (χ1) is 15.7. The van der Waals surface area contributed by atoms with E-state index < -0.39 is 0 Å². The van der Waals surface area contributed by atoms with Gasteiger partial charge in [0.25, 0.3) is 11.1 Å². The molecule has 2 fully saturated rings. The standard InChI is InChI=1S/C24H28N4O4S/c1-15-21(25-14-26-22(15)32-18-9-11-28(12-10-18)24(2,3)4)31-17-7-5-16(6-8-17)13-19-20(29)27-23(30)33-19/h5-8,13-14,18H,9-12H2,1-4H3,(H,27,29,30)/b19-13-. The molecule has 1 aromatic heterocycles. The van der Waals surface area contributed by atoms with Crippen LogP contribution in [0.2, 0.25) is 0 Å². The van der Waals surface area contributed by atoms with E-state index in [1.807, 2.05) is 19.1 Å². The Hall–Kier alpha value is -2.91. The molecule has 2 aliphatic rings. The number of nitrogens with zero attached hydrogens (tertiary/aromatic N) is 3. The minimum atomic E-state index is -0.376. The molecular formula is C24H28N4O4S. The molecule has 1 N–H and O–H groups in total. The Balaban J connectivity index is 1.39. The number of amides is 2. The Morgan fingerprint density at radius 3 is 2.36 bits per heavy atom. The number of carbonyl (C=O) groups is 2. The predicted octanol–water partition coefficient (Wildman–Crippen LogP) is 4.54.